The Hall–Kier alpha value is -1.63. The van der Waals surface area contributed by atoms with Crippen LogP contribution in [0.4, 0.5) is 11.5 Å². The summed E-state index contributed by atoms with van der Waals surface area (Å²) in [6.45, 7) is 1.50. The zero-order valence-electron chi connectivity index (χ0n) is 8.22. The Morgan fingerprint density at radius 2 is 2.27 bits per heavy atom. The maximum Gasteiger partial charge on any atom is 0.366 e. The summed E-state index contributed by atoms with van der Waals surface area (Å²) < 4.78 is 0. The van der Waals surface area contributed by atoms with Crippen molar-refractivity contribution < 1.29 is 4.92 Å². The summed E-state index contributed by atoms with van der Waals surface area (Å²) in [4.78, 5) is 12.2. The SMILES string of the molecule is NC1CCN(c2cn[nH]c2[N+](=O)[O-])CC1. The maximum atomic E-state index is 10.7. The van der Waals surface area contributed by atoms with Crippen molar-refractivity contribution in [2.24, 2.45) is 5.73 Å². The van der Waals surface area contributed by atoms with Crippen molar-refractivity contribution in [3.8, 4) is 0 Å². The molecule has 0 spiro atoms. The topological polar surface area (TPSA) is 101 Å². The van der Waals surface area contributed by atoms with Crippen LogP contribution in [0.2, 0.25) is 0 Å². The molecule has 0 bridgehead atoms. The second-order valence-corrected chi connectivity index (χ2v) is 3.69. The molecule has 0 radical (unpaired) electrons. The molecule has 0 aliphatic carbocycles. The molecule has 1 saturated heterocycles. The Kier molecular flexibility index (Phi) is 2.55. The monoisotopic (exact) mass is 211 g/mol. The number of nitrogens with one attached hydrogen (secondary N) is 1. The van der Waals surface area contributed by atoms with Gasteiger partial charge in [0.15, 0.2) is 5.69 Å². The van der Waals surface area contributed by atoms with E-state index in [9.17, 15) is 10.1 Å². The van der Waals surface area contributed by atoms with Crippen LogP contribution in [-0.2, 0) is 0 Å². The highest BCUT2D eigenvalue weighted by Gasteiger charge is 2.24. The lowest BCUT2D eigenvalue weighted by molar-refractivity contribution is -0.388. The van der Waals surface area contributed by atoms with E-state index in [-0.39, 0.29) is 11.9 Å². The predicted molar refractivity (Wildman–Crippen MR) is 54.7 cm³/mol. The number of nitrogens with two attached hydrogens (primary N) is 1. The third-order valence-corrected chi connectivity index (χ3v) is 2.66. The number of aromatic amines is 1. The number of H-pyrrole nitrogens is 1. The summed E-state index contributed by atoms with van der Waals surface area (Å²) in [5.41, 5.74) is 6.33. The van der Waals surface area contributed by atoms with Crippen LogP contribution in [0.25, 0.3) is 0 Å². The lowest BCUT2D eigenvalue weighted by Gasteiger charge is -2.30. The third-order valence-electron chi connectivity index (χ3n) is 2.66. The summed E-state index contributed by atoms with van der Waals surface area (Å²) in [5, 5.41) is 16.8. The Morgan fingerprint density at radius 1 is 1.60 bits per heavy atom. The van der Waals surface area contributed by atoms with Crippen molar-refractivity contribution in [3.63, 3.8) is 0 Å². The molecule has 2 heterocycles. The maximum absolute atomic E-state index is 10.7. The van der Waals surface area contributed by atoms with Crippen molar-refractivity contribution in [2.75, 3.05) is 18.0 Å². The van der Waals surface area contributed by atoms with E-state index in [2.05, 4.69) is 10.2 Å². The van der Waals surface area contributed by atoms with Gasteiger partial charge < -0.3 is 20.7 Å². The second kappa shape index (κ2) is 3.85. The molecule has 0 aromatic carbocycles. The Labute approximate surface area is 86.4 Å². The summed E-state index contributed by atoms with van der Waals surface area (Å²) in [7, 11) is 0. The molecule has 1 aliphatic heterocycles. The molecule has 7 nitrogen and oxygen atoms in total. The van der Waals surface area contributed by atoms with Crippen LogP contribution in [0.3, 0.4) is 0 Å². The zero-order valence-corrected chi connectivity index (χ0v) is 8.22. The van der Waals surface area contributed by atoms with E-state index in [1.54, 1.807) is 0 Å². The van der Waals surface area contributed by atoms with Gasteiger partial charge in [0, 0.05) is 19.1 Å². The fraction of sp³-hybridized carbons (Fsp3) is 0.625. The molecular formula is C8H13N5O2. The standard InChI is InChI=1S/C8H13N5O2/c9-6-1-3-12(4-2-6)7-5-10-11-8(7)13(14)15/h5-6H,1-4,9H2,(H,10,11). The molecule has 0 amide bonds. The number of anilines is 1. The lowest BCUT2D eigenvalue weighted by Crippen LogP contribution is -2.39. The van der Waals surface area contributed by atoms with Gasteiger partial charge in [0.05, 0.1) is 0 Å². The van der Waals surface area contributed by atoms with Gasteiger partial charge in [0.2, 0.25) is 0 Å². The van der Waals surface area contributed by atoms with Crippen LogP contribution < -0.4 is 10.6 Å². The van der Waals surface area contributed by atoms with E-state index in [1.165, 1.54) is 6.20 Å². The highest BCUT2D eigenvalue weighted by atomic mass is 16.6. The highest BCUT2D eigenvalue weighted by molar-refractivity contribution is 5.58. The van der Waals surface area contributed by atoms with E-state index in [1.807, 2.05) is 4.90 Å². The normalized spacial score (nSPS) is 18.1. The molecule has 7 heteroatoms. The number of hydrogen-bond donors (Lipinski definition) is 2. The summed E-state index contributed by atoms with van der Waals surface area (Å²) in [6, 6.07) is 0.215. The van der Waals surface area contributed by atoms with Gasteiger partial charge in [-0.3, -0.25) is 0 Å². The van der Waals surface area contributed by atoms with Crippen LogP contribution in [-0.4, -0.2) is 34.3 Å². The van der Waals surface area contributed by atoms with Crippen LogP contribution in [0.5, 0.6) is 0 Å². The number of nitro groups is 1. The third kappa shape index (κ3) is 1.91. The Balaban J connectivity index is 2.15. The fourth-order valence-corrected chi connectivity index (χ4v) is 1.78. The van der Waals surface area contributed by atoms with Crippen LogP contribution >= 0.6 is 0 Å². The van der Waals surface area contributed by atoms with Crippen LogP contribution in [0.1, 0.15) is 12.8 Å². The van der Waals surface area contributed by atoms with E-state index < -0.39 is 4.92 Å². The van der Waals surface area contributed by atoms with Gasteiger partial charge >= 0.3 is 5.82 Å². The van der Waals surface area contributed by atoms with Crippen molar-refractivity contribution in [1.29, 1.82) is 0 Å². The van der Waals surface area contributed by atoms with Gasteiger partial charge in [-0.05, 0) is 17.8 Å². The first kappa shape index (κ1) is 9.91. The highest BCUT2D eigenvalue weighted by Crippen LogP contribution is 2.27. The molecule has 1 fully saturated rings. The number of hydrogen-bond acceptors (Lipinski definition) is 5. The number of aromatic nitrogens is 2. The summed E-state index contributed by atoms with van der Waals surface area (Å²) in [5.74, 6) is -0.0366. The van der Waals surface area contributed by atoms with Gasteiger partial charge in [-0.15, -0.1) is 5.10 Å². The summed E-state index contributed by atoms with van der Waals surface area (Å²) in [6.07, 6.45) is 3.22. The minimum absolute atomic E-state index is 0.0366. The zero-order chi connectivity index (χ0) is 10.8. The van der Waals surface area contributed by atoms with Crippen molar-refractivity contribution in [2.45, 2.75) is 18.9 Å². The quantitative estimate of drug-likeness (QED) is 0.539. The second-order valence-electron chi connectivity index (χ2n) is 3.69. The van der Waals surface area contributed by atoms with Crippen LogP contribution in [0, 0.1) is 10.1 Å². The molecule has 82 valence electrons. The van der Waals surface area contributed by atoms with Crippen molar-refractivity contribution in [3.05, 3.63) is 16.3 Å². The van der Waals surface area contributed by atoms with Crippen molar-refractivity contribution >= 4 is 11.5 Å². The molecule has 1 aliphatic rings. The van der Waals surface area contributed by atoms with E-state index in [4.69, 9.17) is 5.73 Å². The molecule has 0 unspecified atom stereocenters. The first-order chi connectivity index (χ1) is 7.18. The lowest BCUT2D eigenvalue weighted by atomic mass is 10.1. The first-order valence-corrected chi connectivity index (χ1v) is 4.87. The largest absolute Gasteiger partial charge is 0.366 e. The minimum atomic E-state index is -0.448. The number of nitrogens with zero attached hydrogens (tertiary/aromatic N) is 3. The fourth-order valence-electron chi connectivity index (χ4n) is 1.78. The van der Waals surface area contributed by atoms with Gasteiger partial charge in [-0.1, -0.05) is 5.10 Å². The van der Waals surface area contributed by atoms with E-state index >= 15 is 0 Å². The molecule has 1 aromatic heterocycles. The van der Waals surface area contributed by atoms with Gasteiger partial charge in [0.1, 0.15) is 6.20 Å². The van der Waals surface area contributed by atoms with Gasteiger partial charge in [-0.2, -0.15) is 0 Å². The molecule has 3 N–H and O–H groups in total. The Bertz CT molecular complexity index is 356. The molecular weight excluding hydrogens is 198 g/mol. The van der Waals surface area contributed by atoms with Crippen molar-refractivity contribution in [1.82, 2.24) is 10.2 Å². The average Bonchev–Trinajstić information content (AvgIpc) is 2.67. The molecule has 0 atom stereocenters. The smallest absolute Gasteiger partial charge is 0.363 e. The molecule has 0 saturated carbocycles. The first-order valence-electron chi connectivity index (χ1n) is 4.87. The summed E-state index contributed by atoms with van der Waals surface area (Å²) >= 11 is 0. The molecule has 2 rings (SSSR count). The Morgan fingerprint density at radius 3 is 2.87 bits per heavy atom. The minimum Gasteiger partial charge on any atom is -0.363 e. The van der Waals surface area contributed by atoms with Crippen LogP contribution in [0.15, 0.2) is 6.20 Å². The molecule has 1 aromatic rings. The van der Waals surface area contributed by atoms with Gasteiger partial charge in [0.25, 0.3) is 0 Å². The van der Waals surface area contributed by atoms with E-state index in [0.29, 0.717) is 5.69 Å². The van der Waals surface area contributed by atoms with E-state index in [0.717, 1.165) is 25.9 Å². The number of piperidine rings is 1. The number of rotatable bonds is 2. The van der Waals surface area contributed by atoms with Gasteiger partial charge in [-0.25, -0.2) is 0 Å². The predicted octanol–water partition coefficient (Wildman–Crippen LogP) is 0.245. The molecule has 15 heavy (non-hydrogen) atoms. The average molecular weight is 211 g/mol.